The van der Waals surface area contributed by atoms with Crippen LogP contribution in [0.1, 0.15) is 37.1 Å². The van der Waals surface area contributed by atoms with E-state index in [0.29, 0.717) is 18.0 Å². The molecule has 1 heterocycles. The number of nitrogens with one attached hydrogen (secondary N) is 2. The molecule has 0 fully saturated rings. The Morgan fingerprint density at radius 3 is 2.71 bits per heavy atom. The Morgan fingerprint density at radius 2 is 2.04 bits per heavy atom. The van der Waals surface area contributed by atoms with Gasteiger partial charge in [0.2, 0.25) is 5.91 Å². The Balaban J connectivity index is 2.16. The number of benzene rings is 1. The average Bonchev–Trinajstić information content (AvgIpc) is 2.55. The molecule has 1 aromatic carbocycles. The third-order valence-electron chi connectivity index (χ3n) is 3.70. The molecule has 0 bridgehead atoms. The van der Waals surface area contributed by atoms with Gasteiger partial charge in [0.05, 0.1) is 5.25 Å². The number of hydrogen-bond donors (Lipinski definition) is 2. The van der Waals surface area contributed by atoms with E-state index < -0.39 is 0 Å². The van der Waals surface area contributed by atoms with E-state index >= 15 is 0 Å². The van der Waals surface area contributed by atoms with Crippen molar-refractivity contribution in [2.24, 2.45) is 0 Å². The fraction of sp³-hybridized carbons (Fsp3) is 0.389. The van der Waals surface area contributed by atoms with Crippen molar-refractivity contribution >= 4 is 23.4 Å². The van der Waals surface area contributed by atoms with Gasteiger partial charge in [0.15, 0.2) is 5.16 Å². The molecular formula is C18H23N3O2S. The van der Waals surface area contributed by atoms with Crippen LogP contribution in [0.15, 0.2) is 34.2 Å². The SMILES string of the molecule is CCc1cc(=O)[nH]c(SC(CC)C(=O)Nc2cc(C)ccc2C)n1. The summed E-state index contributed by atoms with van der Waals surface area (Å²) in [5.74, 6) is -0.0826. The highest BCUT2D eigenvalue weighted by molar-refractivity contribution is 8.00. The van der Waals surface area contributed by atoms with E-state index in [4.69, 9.17) is 0 Å². The molecule has 2 rings (SSSR count). The topological polar surface area (TPSA) is 74.8 Å². The van der Waals surface area contributed by atoms with Crippen LogP contribution < -0.4 is 10.9 Å². The van der Waals surface area contributed by atoms with Gasteiger partial charge in [-0.25, -0.2) is 4.98 Å². The molecule has 0 aliphatic rings. The van der Waals surface area contributed by atoms with Gasteiger partial charge in [-0.05, 0) is 43.9 Å². The largest absolute Gasteiger partial charge is 0.325 e. The molecule has 2 aromatic rings. The fourth-order valence-electron chi connectivity index (χ4n) is 2.26. The number of carbonyl (C=O) groups is 1. The molecule has 1 atom stereocenters. The van der Waals surface area contributed by atoms with Crippen molar-refractivity contribution in [3.05, 3.63) is 51.4 Å². The van der Waals surface area contributed by atoms with Crippen LogP contribution in [0.3, 0.4) is 0 Å². The summed E-state index contributed by atoms with van der Waals surface area (Å²) in [6.45, 7) is 7.85. The van der Waals surface area contributed by atoms with Gasteiger partial charge < -0.3 is 10.3 Å². The Labute approximate surface area is 146 Å². The number of anilines is 1. The number of rotatable bonds is 6. The van der Waals surface area contributed by atoms with Crippen LogP contribution in [0, 0.1) is 13.8 Å². The van der Waals surface area contributed by atoms with Crippen LogP contribution in [0.25, 0.3) is 0 Å². The molecule has 5 nitrogen and oxygen atoms in total. The van der Waals surface area contributed by atoms with Gasteiger partial charge in [0, 0.05) is 17.4 Å². The molecule has 24 heavy (non-hydrogen) atoms. The highest BCUT2D eigenvalue weighted by atomic mass is 32.2. The lowest BCUT2D eigenvalue weighted by Crippen LogP contribution is -2.25. The first-order valence-corrected chi connectivity index (χ1v) is 8.96. The van der Waals surface area contributed by atoms with E-state index in [1.54, 1.807) is 0 Å². The summed E-state index contributed by atoms with van der Waals surface area (Å²) < 4.78 is 0. The van der Waals surface area contributed by atoms with E-state index in [1.165, 1.54) is 17.8 Å². The molecule has 128 valence electrons. The molecule has 2 N–H and O–H groups in total. The zero-order valence-corrected chi connectivity index (χ0v) is 15.3. The van der Waals surface area contributed by atoms with E-state index in [1.807, 2.05) is 45.9 Å². The number of aromatic amines is 1. The predicted molar refractivity (Wildman–Crippen MR) is 98.7 cm³/mol. The second-order valence-corrected chi connectivity index (χ2v) is 6.91. The molecule has 0 saturated carbocycles. The summed E-state index contributed by atoms with van der Waals surface area (Å²) in [6.07, 6.45) is 1.32. The number of hydrogen-bond acceptors (Lipinski definition) is 4. The second-order valence-electron chi connectivity index (χ2n) is 5.72. The second kappa shape index (κ2) is 8.15. The lowest BCUT2D eigenvalue weighted by atomic mass is 10.1. The maximum Gasteiger partial charge on any atom is 0.251 e. The third kappa shape index (κ3) is 4.71. The fourth-order valence-corrected chi connectivity index (χ4v) is 3.19. The van der Waals surface area contributed by atoms with E-state index in [2.05, 4.69) is 15.3 Å². The molecule has 1 amide bonds. The van der Waals surface area contributed by atoms with Crippen LogP contribution in [0.4, 0.5) is 5.69 Å². The van der Waals surface area contributed by atoms with Gasteiger partial charge in [-0.3, -0.25) is 9.59 Å². The Morgan fingerprint density at radius 1 is 1.29 bits per heavy atom. The minimum atomic E-state index is -0.319. The molecule has 0 saturated heterocycles. The van der Waals surface area contributed by atoms with Crippen LogP contribution in [0.2, 0.25) is 0 Å². The first kappa shape index (κ1) is 18.3. The van der Waals surface area contributed by atoms with E-state index in [9.17, 15) is 9.59 Å². The van der Waals surface area contributed by atoms with E-state index in [-0.39, 0.29) is 16.7 Å². The van der Waals surface area contributed by atoms with Gasteiger partial charge >= 0.3 is 0 Å². The normalized spacial score (nSPS) is 12.0. The molecule has 0 radical (unpaired) electrons. The number of aromatic nitrogens is 2. The van der Waals surface area contributed by atoms with Crippen molar-refractivity contribution in [3.63, 3.8) is 0 Å². The number of amides is 1. The van der Waals surface area contributed by atoms with Crippen LogP contribution in [-0.4, -0.2) is 21.1 Å². The van der Waals surface area contributed by atoms with Gasteiger partial charge in [0.25, 0.3) is 5.56 Å². The van der Waals surface area contributed by atoms with E-state index in [0.717, 1.165) is 22.5 Å². The molecule has 1 unspecified atom stereocenters. The summed E-state index contributed by atoms with van der Waals surface area (Å²) >= 11 is 1.29. The number of nitrogens with zero attached hydrogens (tertiary/aromatic N) is 1. The molecule has 0 aliphatic heterocycles. The van der Waals surface area contributed by atoms with Crippen LogP contribution >= 0.6 is 11.8 Å². The molecule has 6 heteroatoms. The standard InChI is InChI=1S/C18H23N3O2S/c1-5-13-10-16(22)21-18(19-13)24-15(6-2)17(23)20-14-9-11(3)7-8-12(14)4/h7-10,15H,5-6H2,1-4H3,(H,20,23)(H,19,21,22). The smallest absolute Gasteiger partial charge is 0.251 e. The first-order valence-electron chi connectivity index (χ1n) is 8.08. The maximum absolute atomic E-state index is 12.6. The molecular weight excluding hydrogens is 322 g/mol. The minimum Gasteiger partial charge on any atom is -0.325 e. The van der Waals surface area contributed by atoms with Gasteiger partial charge in [-0.2, -0.15) is 0 Å². The molecule has 0 aliphatic carbocycles. The maximum atomic E-state index is 12.6. The summed E-state index contributed by atoms with van der Waals surface area (Å²) in [5.41, 5.74) is 3.48. The monoisotopic (exact) mass is 345 g/mol. The number of H-pyrrole nitrogens is 1. The van der Waals surface area contributed by atoms with Crippen molar-refractivity contribution in [1.82, 2.24) is 9.97 Å². The number of carbonyl (C=O) groups excluding carboxylic acids is 1. The summed E-state index contributed by atoms with van der Waals surface area (Å²) in [5, 5.41) is 3.15. The lowest BCUT2D eigenvalue weighted by Gasteiger charge is -2.16. The Kier molecular flexibility index (Phi) is 6.20. The molecule has 0 spiro atoms. The zero-order valence-electron chi connectivity index (χ0n) is 14.5. The van der Waals surface area contributed by atoms with Crippen molar-refractivity contribution in [3.8, 4) is 0 Å². The third-order valence-corrected chi connectivity index (χ3v) is 4.95. The average molecular weight is 345 g/mol. The van der Waals surface area contributed by atoms with Crippen molar-refractivity contribution in [1.29, 1.82) is 0 Å². The first-order chi connectivity index (χ1) is 11.4. The highest BCUT2D eigenvalue weighted by Crippen LogP contribution is 2.24. The van der Waals surface area contributed by atoms with Crippen LogP contribution in [0.5, 0.6) is 0 Å². The number of thioether (sulfide) groups is 1. The summed E-state index contributed by atoms with van der Waals surface area (Å²) in [6, 6.07) is 7.45. The van der Waals surface area contributed by atoms with Crippen molar-refractivity contribution < 1.29 is 4.79 Å². The predicted octanol–water partition coefficient (Wildman–Crippen LogP) is 3.46. The van der Waals surface area contributed by atoms with Gasteiger partial charge in [-0.1, -0.05) is 37.7 Å². The minimum absolute atomic E-state index is 0.0826. The summed E-state index contributed by atoms with van der Waals surface area (Å²) in [7, 11) is 0. The Bertz CT molecular complexity index is 786. The van der Waals surface area contributed by atoms with Crippen molar-refractivity contribution in [2.45, 2.75) is 50.9 Å². The zero-order chi connectivity index (χ0) is 17.7. The number of aryl methyl sites for hydroxylation is 3. The quantitative estimate of drug-likeness (QED) is 0.621. The van der Waals surface area contributed by atoms with Gasteiger partial charge in [-0.15, -0.1) is 0 Å². The van der Waals surface area contributed by atoms with Gasteiger partial charge in [0.1, 0.15) is 0 Å². The van der Waals surface area contributed by atoms with Crippen molar-refractivity contribution in [2.75, 3.05) is 5.32 Å². The van der Waals surface area contributed by atoms with Crippen LogP contribution in [-0.2, 0) is 11.2 Å². The Hall–Kier alpha value is -2.08. The lowest BCUT2D eigenvalue weighted by molar-refractivity contribution is -0.115. The summed E-state index contributed by atoms with van der Waals surface area (Å²) in [4.78, 5) is 31.4. The molecule has 1 aromatic heterocycles. The highest BCUT2D eigenvalue weighted by Gasteiger charge is 2.20.